The van der Waals surface area contributed by atoms with Crippen molar-refractivity contribution in [2.45, 2.75) is 38.6 Å². The summed E-state index contributed by atoms with van der Waals surface area (Å²) in [7, 11) is 0. The topological polar surface area (TPSA) is 69.6 Å². The largest absolute Gasteiger partial charge is 0.416 e. The van der Waals surface area contributed by atoms with Gasteiger partial charge in [-0.2, -0.15) is 13.2 Å². The molecule has 1 saturated heterocycles. The van der Waals surface area contributed by atoms with Crippen LogP contribution in [0.3, 0.4) is 0 Å². The predicted octanol–water partition coefficient (Wildman–Crippen LogP) is 2.71. The highest BCUT2D eigenvalue weighted by Gasteiger charge is 2.50. The highest BCUT2D eigenvalue weighted by Crippen LogP contribution is 2.31. The van der Waals surface area contributed by atoms with Gasteiger partial charge >= 0.3 is 12.2 Å². The minimum atomic E-state index is -4.46. The van der Waals surface area contributed by atoms with Gasteiger partial charge in [0.2, 0.25) is 0 Å². The summed E-state index contributed by atoms with van der Waals surface area (Å²) in [5.74, 6) is -0.615. The predicted molar refractivity (Wildman–Crippen MR) is 79.9 cm³/mol. The molecular weight excluding hydrogens is 325 g/mol. The number of carbonyl (C=O) groups excluding carboxylic acids is 2. The third kappa shape index (κ3) is 3.24. The number of nitrogens with one attached hydrogen (secondary N) is 1. The number of aliphatic hydroxyl groups is 1. The van der Waals surface area contributed by atoms with Gasteiger partial charge in [-0.25, -0.2) is 4.79 Å². The van der Waals surface area contributed by atoms with Crippen molar-refractivity contribution in [1.29, 1.82) is 0 Å². The Morgan fingerprint density at radius 2 is 1.75 bits per heavy atom. The lowest BCUT2D eigenvalue weighted by atomic mass is 9.88. The fourth-order valence-electron chi connectivity index (χ4n) is 2.45. The molecule has 8 heteroatoms. The number of carbonyl (C=O) groups is 2. The molecule has 132 valence electrons. The zero-order valence-corrected chi connectivity index (χ0v) is 13.5. The number of hydrogen-bond acceptors (Lipinski definition) is 3. The second kappa shape index (κ2) is 6.08. The Hall–Kier alpha value is -2.09. The zero-order valence-electron chi connectivity index (χ0n) is 13.5. The molecule has 2 rings (SSSR count). The summed E-state index contributed by atoms with van der Waals surface area (Å²) in [6.07, 6.45) is -5.73. The molecule has 0 aliphatic carbocycles. The maximum atomic E-state index is 12.5. The van der Waals surface area contributed by atoms with Gasteiger partial charge in [0.25, 0.3) is 5.91 Å². The second-order valence-corrected chi connectivity index (χ2v) is 6.34. The minimum absolute atomic E-state index is 0.151. The Bertz CT molecular complexity index is 643. The number of alkyl halides is 3. The van der Waals surface area contributed by atoms with Crippen molar-refractivity contribution in [2.75, 3.05) is 6.54 Å². The van der Waals surface area contributed by atoms with Gasteiger partial charge in [0.15, 0.2) is 0 Å². The summed E-state index contributed by atoms with van der Waals surface area (Å²) in [6, 6.07) is 3.34. The van der Waals surface area contributed by atoms with E-state index in [9.17, 15) is 27.9 Å². The summed E-state index contributed by atoms with van der Waals surface area (Å²) in [5, 5.41) is 12.8. The Kier molecular flexibility index (Phi) is 4.63. The number of amides is 3. The van der Waals surface area contributed by atoms with Crippen LogP contribution in [0, 0.1) is 5.92 Å². The van der Waals surface area contributed by atoms with Crippen molar-refractivity contribution in [3.63, 3.8) is 0 Å². The van der Waals surface area contributed by atoms with Gasteiger partial charge in [0.05, 0.1) is 18.2 Å². The van der Waals surface area contributed by atoms with Crippen molar-refractivity contribution >= 4 is 11.9 Å². The van der Waals surface area contributed by atoms with E-state index in [0.29, 0.717) is 0 Å². The van der Waals surface area contributed by atoms with Crippen LogP contribution in [-0.2, 0) is 11.0 Å². The quantitative estimate of drug-likeness (QED) is 0.825. The number of nitrogens with zero attached hydrogens (tertiary/aromatic N) is 1. The summed E-state index contributed by atoms with van der Waals surface area (Å²) >= 11 is 0. The molecule has 0 spiro atoms. The highest BCUT2D eigenvalue weighted by atomic mass is 19.4. The molecule has 2 N–H and O–H groups in total. The average Bonchev–Trinajstić information content (AvgIpc) is 2.71. The third-order valence-electron chi connectivity index (χ3n) is 4.43. The first-order valence-electron chi connectivity index (χ1n) is 7.46. The van der Waals surface area contributed by atoms with E-state index in [-0.39, 0.29) is 18.0 Å². The number of halogens is 3. The molecule has 1 aliphatic rings. The molecule has 1 fully saturated rings. The molecule has 0 unspecified atom stereocenters. The Balaban J connectivity index is 2.14. The van der Waals surface area contributed by atoms with Crippen LogP contribution >= 0.6 is 0 Å². The molecule has 0 bridgehead atoms. The van der Waals surface area contributed by atoms with E-state index in [1.165, 1.54) is 0 Å². The van der Waals surface area contributed by atoms with Crippen molar-refractivity contribution in [1.82, 2.24) is 10.2 Å². The Morgan fingerprint density at radius 1 is 1.21 bits per heavy atom. The molecule has 1 heterocycles. The van der Waals surface area contributed by atoms with Crippen molar-refractivity contribution < 1.29 is 27.9 Å². The van der Waals surface area contributed by atoms with Gasteiger partial charge in [-0.3, -0.25) is 9.69 Å². The lowest BCUT2D eigenvalue weighted by Crippen LogP contribution is -2.48. The van der Waals surface area contributed by atoms with Crippen LogP contribution in [-0.4, -0.2) is 34.0 Å². The van der Waals surface area contributed by atoms with E-state index in [1.54, 1.807) is 20.8 Å². The van der Waals surface area contributed by atoms with Crippen LogP contribution in [0.1, 0.15) is 38.0 Å². The normalized spacial score (nSPS) is 22.9. The van der Waals surface area contributed by atoms with Gasteiger partial charge < -0.3 is 10.4 Å². The molecule has 0 radical (unpaired) electrons. The van der Waals surface area contributed by atoms with E-state index >= 15 is 0 Å². The van der Waals surface area contributed by atoms with Crippen LogP contribution < -0.4 is 5.32 Å². The molecule has 0 saturated carbocycles. The molecule has 1 aliphatic heterocycles. The van der Waals surface area contributed by atoms with Crippen molar-refractivity contribution in [2.24, 2.45) is 5.92 Å². The van der Waals surface area contributed by atoms with E-state index < -0.39 is 35.3 Å². The lowest BCUT2D eigenvalue weighted by Gasteiger charge is -2.26. The first kappa shape index (κ1) is 18.3. The SMILES string of the molecule is CC(C)[C@]1(C)NC(=O)N(C[C@@H](O)c2ccc(C(F)(F)F)cc2)C1=O. The zero-order chi connectivity index (χ0) is 18.3. The molecule has 5 nitrogen and oxygen atoms in total. The minimum Gasteiger partial charge on any atom is -0.387 e. The summed E-state index contributed by atoms with van der Waals surface area (Å²) in [4.78, 5) is 25.3. The van der Waals surface area contributed by atoms with E-state index in [2.05, 4.69) is 5.32 Å². The van der Waals surface area contributed by atoms with Gasteiger partial charge in [0.1, 0.15) is 5.54 Å². The van der Waals surface area contributed by atoms with E-state index in [0.717, 1.165) is 29.2 Å². The summed E-state index contributed by atoms with van der Waals surface area (Å²) in [6.45, 7) is 4.85. The third-order valence-corrected chi connectivity index (χ3v) is 4.43. The monoisotopic (exact) mass is 344 g/mol. The molecule has 1 aromatic rings. The highest BCUT2D eigenvalue weighted by molar-refractivity contribution is 6.07. The first-order valence-corrected chi connectivity index (χ1v) is 7.46. The maximum Gasteiger partial charge on any atom is 0.416 e. The molecule has 1 aromatic carbocycles. The smallest absolute Gasteiger partial charge is 0.387 e. The molecule has 24 heavy (non-hydrogen) atoms. The number of hydrogen-bond donors (Lipinski definition) is 2. The van der Waals surface area contributed by atoms with Gasteiger partial charge in [-0.15, -0.1) is 0 Å². The van der Waals surface area contributed by atoms with Crippen LogP contribution in [0.4, 0.5) is 18.0 Å². The van der Waals surface area contributed by atoms with Crippen LogP contribution in [0.5, 0.6) is 0 Å². The molecule has 2 atom stereocenters. The van der Waals surface area contributed by atoms with E-state index in [1.807, 2.05) is 0 Å². The number of imide groups is 1. The number of benzene rings is 1. The molecule has 0 aromatic heterocycles. The van der Waals surface area contributed by atoms with Gasteiger partial charge in [-0.1, -0.05) is 26.0 Å². The standard InChI is InChI=1S/C16H19F3N2O3/c1-9(2)15(3)13(23)21(14(24)20-15)8-12(22)10-4-6-11(7-5-10)16(17,18)19/h4-7,9,12,22H,8H2,1-3H3,(H,20,24)/t12-,15+/m1/s1. The first-order chi connectivity index (χ1) is 11.0. The maximum absolute atomic E-state index is 12.5. The van der Waals surface area contributed by atoms with Crippen molar-refractivity contribution in [3.8, 4) is 0 Å². The lowest BCUT2D eigenvalue weighted by molar-refractivity contribution is -0.137. The number of urea groups is 1. The Morgan fingerprint density at radius 3 is 2.17 bits per heavy atom. The van der Waals surface area contributed by atoms with E-state index in [4.69, 9.17) is 0 Å². The number of rotatable bonds is 4. The van der Waals surface area contributed by atoms with Crippen molar-refractivity contribution in [3.05, 3.63) is 35.4 Å². The fourth-order valence-corrected chi connectivity index (χ4v) is 2.45. The molecule has 3 amide bonds. The van der Waals surface area contributed by atoms with Crippen LogP contribution in [0.25, 0.3) is 0 Å². The number of β-amino-alcohol motifs (C(OH)–C–C–N with tert-alkyl or cyclic N) is 1. The fraction of sp³-hybridized carbons (Fsp3) is 0.500. The second-order valence-electron chi connectivity index (χ2n) is 6.34. The molecular formula is C16H19F3N2O3. The Labute approximate surface area is 137 Å². The van der Waals surface area contributed by atoms with Crippen LogP contribution in [0.2, 0.25) is 0 Å². The average molecular weight is 344 g/mol. The summed E-state index contributed by atoms with van der Waals surface area (Å²) in [5.41, 5.74) is -1.70. The van der Waals surface area contributed by atoms with Gasteiger partial charge in [-0.05, 0) is 30.5 Å². The van der Waals surface area contributed by atoms with Crippen LogP contribution in [0.15, 0.2) is 24.3 Å². The number of aliphatic hydroxyl groups excluding tert-OH is 1. The summed E-state index contributed by atoms with van der Waals surface area (Å²) < 4.78 is 37.6. The van der Waals surface area contributed by atoms with Gasteiger partial charge in [0, 0.05) is 0 Å².